The minimum absolute atomic E-state index is 0.251. The fourth-order valence-corrected chi connectivity index (χ4v) is 3.35. The van der Waals surface area contributed by atoms with E-state index in [1.165, 1.54) is 11.3 Å². The van der Waals surface area contributed by atoms with Crippen LogP contribution in [0.3, 0.4) is 0 Å². The average molecular weight is 424 g/mol. The normalized spacial score (nSPS) is 15.2. The number of thiol groups is 1. The Kier molecular flexibility index (Phi) is 7.19. The largest absolute Gasteiger partial charge is 0.494 e. The summed E-state index contributed by atoms with van der Waals surface area (Å²) in [6.45, 7) is 2.48. The summed E-state index contributed by atoms with van der Waals surface area (Å²) in [5.41, 5.74) is 9.15. The van der Waals surface area contributed by atoms with Gasteiger partial charge in [-0.15, -0.1) is 0 Å². The molecule has 1 unspecified atom stereocenters. The molecule has 0 fully saturated rings. The van der Waals surface area contributed by atoms with Gasteiger partial charge in [-0.3, -0.25) is 4.79 Å². The number of amides is 1. The van der Waals surface area contributed by atoms with Crippen LogP contribution in [0.1, 0.15) is 41.1 Å². The molecule has 2 heterocycles. The molecule has 0 saturated heterocycles. The van der Waals surface area contributed by atoms with Crippen molar-refractivity contribution in [2.75, 3.05) is 18.6 Å². The van der Waals surface area contributed by atoms with Crippen molar-refractivity contribution in [3.8, 4) is 5.75 Å². The van der Waals surface area contributed by atoms with Crippen molar-refractivity contribution in [1.29, 1.82) is 0 Å². The van der Waals surface area contributed by atoms with Crippen LogP contribution in [0, 0.1) is 0 Å². The quantitative estimate of drug-likeness (QED) is 0.456. The number of hydrogen-bond acceptors (Lipinski definition) is 6. The molecule has 6 nitrogen and oxygen atoms in total. The average Bonchev–Trinajstić information content (AvgIpc) is 3.47. The van der Waals surface area contributed by atoms with E-state index in [1.807, 2.05) is 55.5 Å². The van der Waals surface area contributed by atoms with Crippen molar-refractivity contribution < 1.29 is 13.9 Å². The molecule has 1 aromatic heterocycles. The van der Waals surface area contributed by atoms with E-state index in [9.17, 15) is 4.79 Å². The van der Waals surface area contributed by atoms with E-state index < -0.39 is 0 Å². The SMILES string of the molecule is CCOc1ccccc1C1CC(c2ccc(N)cc2)=NN1C(=O)c1ccco1.CS. The number of nitrogen functional groups attached to an aromatic ring is 1. The number of hydrazone groups is 1. The summed E-state index contributed by atoms with van der Waals surface area (Å²) in [6, 6.07) is 18.3. The molecule has 0 saturated carbocycles. The van der Waals surface area contributed by atoms with Crippen molar-refractivity contribution in [2.24, 2.45) is 5.10 Å². The topological polar surface area (TPSA) is 81.1 Å². The lowest BCUT2D eigenvalue weighted by Crippen LogP contribution is -2.27. The van der Waals surface area contributed by atoms with Gasteiger partial charge in [-0.05, 0) is 49.1 Å². The van der Waals surface area contributed by atoms with Gasteiger partial charge in [-0.25, -0.2) is 5.01 Å². The fourth-order valence-electron chi connectivity index (χ4n) is 3.35. The van der Waals surface area contributed by atoms with E-state index in [-0.39, 0.29) is 17.7 Å². The highest BCUT2D eigenvalue weighted by molar-refractivity contribution is 7.79. The molecular weight excluding hydrogens is 398 g/mol. The number of carbonyl (C=O) groups is 1. The van der Waals surface area contributed by atoms with Crippen LogP contribution < -0.4 is 10.5 Å². The molecule has 7 heteroatoms. The van der Waals surface area contributed by atoms with Gasteiger partial charge >= 0.3 is 5.91 Å². The number of rotatable bonds is 5. The summed E-state index contributed by atoms with van der Waals surface area (Å²) < 4.78 is 11.1. The smallest absolute Gasteiger partial charge is 0.310 e. The van der Waals surface area contributed by atoms with Gasteiger partial charge in [-0.1, -0.05) is 30.3 Å². The standard InChI is InChI=1S/C22H21N3O3.CH4S/c1-2-27-20-7-4-3-6-17(20)19-14-18(15-9-11-16(23)12-10-15)24-25(19)22(26)21-8-5-13-28-21;1-2/h3-13,19H,2,14,23H2,1H3;2H,1H3. The second-order valence-corrected chi connectivity index (χ2v) is 6.49. The molecule has 2 N–H and O–H groups in total. The number of furan rings is 1. The first kappa shape index (κ1) is 21.5. The number of para-hydroxylation sites is 1. The lowest BCUT2D eigenvalue weighted by molar-refractivity contribution is 0.0676. The molecule has 156 valence electrons. The summed E-state index contributed by atoms with van der Waals surface area (Å²) in [5, 5.41) is 6.14. The van der Waals surface area contributed by atoms with Gasteiger partial charge in [0.15, 0.2) is 5.76 Å². The Bertz CT molecular complexity index is 1000. The Labute approximate surface area is 181 Å². The van der Waals surface area contributed by atoms with Crippen molar-refractivity contribution >= 4 is 29.9 Å². The Morgan fingerprint density at radius 2 is 1.90 bits per heavy atom. The maximum absolute atomic E-state index is 13.1. The number of benzene rings is 2. The summed E-state index contributed by atoms with van der Waals surface area (Å²) in [4.78, 5) is 13.1. The van der Waals surface area contributed by atoms with Gasteiger partial charge < -0.3 is 14.9 Å². The lowest BCUT2D eigenvalue weighted by atomic mass is 9.97. The summed E-state index contributed by atoms with van der Waals surface area (Å²) in [7, 11) is 0. The third-order valence-corrected chi connectivity index (χ3v) is 4.67. The number of ether oxygens (including phenoxy) is 1. The Balaban J connectivity index is 0.00000124. The van der Waals surface area contributed by atoms with Crippen LogP contribution in [0.15, 0.2) is 76.4 Å². The summed E-state index contributed by atoms with van der Waals surface area (Å²) in [6.07, 6.45) is 3.75. The number of anilines is 1. The number of hydrogen-bond donors (Lipinski definition) is 2. The van der Waals surface area contributed by atoms with Crippen molar-refractivity contribution in [2.45, 2.75) is 19.4 Å². The van der Waals surface area contributed by atoms with Crippen LogP contribution in [-0.2, 0) is 0 Å². The molecule has 1 amide bonds. The van der Waals surface area contributed by atoms with Crippen LogP contribution in [0.2, 0.25) is 0 Å². The second-order valence-electron chi connectivity index (χ2n) is 6.49. The highest BCUT2D eigenvalue weighted by Crippen LogP contribution is 2.38. The molecule has 3 aromatic rings. The van der Waals surface area contributed by atoms with Crippen LogP contribution in [-0.4, -0.2) is 29.5 Å². The van der Waals surface area contributed by atoms with Gasteiger partial charge in [0, 0.05) is 17.7 Å². The molecule has 4 rings (SSSR count). The minimum atomic E-state index is -0.285. The minimum Gasteiger partial charge on any atom is -0.494 e. The van der Waals surface area contributed by atoms with E-state index in [1.54, 1.807) is 18.4 Å². The molecule has 2 aromatic carbocycles. The molecule has 0 bridgehead atoms. The van der Waals surface area contributed by atoms with Crippen molar-refractivity contribution in [3.63, 3.8) is 0 Å². The first-order valence-electron chi connectivity index (χ1n) is 9.64. The first-order valence-corrected chi connectivity index (χ1v) is 10.5. The Hall–Kier alpha value is -3.19. The van der Waals surface area contributed by atoms with Crippen LogP contribution in [0.5, 0.6) is 5.75 Å². The second kappa shape index (κ2) is 10.0. The third kappa shape index (κ3) is 4.52. The maximum Gasteiger partial charge on any atom is 0.310 e. The predicted octanol–water partition coefficient (Wildman–Crippen LogP) is 4.80. The maximum atomic E-state index is 13.1. The van der Waals surface area contributed by atoms with Gasteiger partial charge in [0.1, 0.15) is 5.75 Å². The predicted molar refractivity (Wildman–Crippen MR) is 122 cm³/mol. The zero-order valence-corrected chi connectivity index (χ0v) is 17.9. The van der Waals surface area contributed by atoms with E-state index in [4.69, 9.17) is 14.9 Å². The van der Waals surface area contributed by atoms with Gasteiger partial charge in [0.05, 0.1) is 24.6 Å². The molecule has 0 aliphatic carbocycles. The summed E-state index contributed by atoms with van der Waals surface area (Å²) >= 11 is 3.53. The third-order valence-electron chi connectivity index (χ3n) is 4.67. The lowest BCUT2D eigenvalue weighted by Gasteiger charge is -2.23. The molecule has 30 heavy (non-hydrogen) atoms. The van der Waals surface area contributed by atoms with Gasteiger partial charge in [0.2, 0.25) is 0 Å². The Morgan fingerprint density at radius 3 is 2.57 bits per heavy atom. The number of nitrogens with two attached hydrogens (primary N) is 1. The highest BCUT2D eigenvalue weighted by atomic mass is 32.1. The van der Waals surface area contributed by atoms with Crippen LogP contribution in [0.4, 0.5) is 5.69 Å². The van der Waals surface area contributed by atoms with Crippen molar-refractivity contribution in [3.05, 3.63) is 83.8 Å². The molecule has 1 atom stereocenters. The van der Waals surface area contributed by atoms with E-state index in [0.29, 0.717) is 18.7 Å². The van der Waals surface area contributed by atoms with Gasteiger partial charge in [0.25, 0.3) is 0 Å². The first-order chi connectivity index (χ1) is 14.7. The molecule has 1 aliphatic heterocycles. The zero-order chi connectivity index (χ0) is 21.5. The summed E-state index contributed by atoms with van der Waals surface area (Å²) in [5.74, 6) is 0.717. The molecule has 0 radical (unpaired) electrons. The van der Waals surface area contributed by atoms with Gasteiger partial charge in [-0.2, -0.15) is 17.7 Å². The van der Waals surface area contributed by atoms with Crippen LogP contribution >= 0.6 is 12.6 Å². The number of carbonyl (C=O) groups excluding carboxylic acids is 1. The zero-order valence-electron chi connectivity index (χ0n) is 17.0. The van der Waals surface area contributed by atoms with E-state index in [0.717, 1.165) is 22.6 Å². The van der Waals surface area contributed by atoms with Crippen LogP contribution in [0.25, 0.3) is 0 Å². The van der Waals surface area contributed by atoms with E-state index >= 15 is 0 Å². The molecule has 0 spiro atoms. The fraction of sp³-hybridized carbons (Fsp3) is 0.217. The Morgan fingerprint density at radius 1 is 1.17 bits per heavy atom. The van der Waals surface area contributed by atoms with E-state index in [2.05, 4.69) is 17.7 Å². The number of nitrogens with zero attached hydrogens (tertiary/aromatic N) is 2. The molecular formula is C23H25N3O3S. The monoisotopic (exact) mass is 423 g/mol. The highest BCUT2D eigenvalue weighted by Gasteiger charge is 2.36. The van der Waals surface area contributed by atoms with Crippen molar-refractivity contribution in [1.82, 2.24) is 5.01 Å². The molecule has 1 aliphatic rings.